The molecule has 1 aromatic carbocycles. The number of hydrogen-bond donors (Lipinski definition) is 2. The SMILES string of the molecule is CCNc1ccc(C(=O)NC2(C)CCOC2C)c(C)c1. The van der Waals surface area contributed by atoms with E-state index in [0.717, 1.165) is 29.8 Å². The van der Waals surface area contributed by atoms with Gasteiger partial charge < -0.3 is 15.4 Å². The third-order valence-corrected chi connectivity index (χ3v) is 4.14. The number of anilines is 1. The van der Waals surface area contributed by atoms with Crippen molar-refractivity contribution in [3.8, 4) is 0 Å². The highest BCUT2D eigenvalue weighted by Gasteiger charge is 2.38. The maximum absolute atomic E-state index is 12.5. The monoisotopic (exact) mass is 276 g/mol. The molecule has 1 aliphatic rings. The number of nitrogens with one attached hydrogen (secondary N) is 2. The van der Waals surface area contributed by atoms with Crippen molar-refractivity contribution in [3.05, 3.63) is 29.3 Å². The van der Waals surface area contributed by atoms with Crippen LogP contribution in [0, 0.1) is 6.92 Å². The third-order valence-electron chi connectivity index (χ3n) is 4.14. The average molecular weight is 276 g/mol. The van der Waals surface area contributed by atoms with Crippen LogP contribution in [-0.4, -0.2) is 30.7 Å². The van der Waals surface area contributed by atoms with Crippen LogP contribution in [0.25, 0.3) is 0 Å². The molecule has 20 heavy (non-hydrogen) atoms. The topological polar surface area (TPSA) is 50.4 Å². The van der Waals surface area contributed by atoms with Crippen LogP contribution < -0.4 is 10.6 Å². The summed E-state index contributed by atoms with van der Waals surface area (Å²) in [6.07, 6.45) is 0.904. The summed E-state index contributed by atoms with van der Waals surface area (Å²) >= 11 is 0. The molecule has 2 N–H and O–H groups in total. The van der Waals surface area contributed by atoms with Crippen LogP contribution in [0.4, 0.5) is 5.69 Å². The summed E-state index contributed by atoms with van der Waals surface area (Å²) in [5.41, 5.74) is 2.48. The van der Waals surface area contributed by atoms with Gasteiger partial charge in [-0.25, -0.2) is 0 Å². The summed E-state index contributed by atoms with van der Waals surface area (Å²) in [4.78, 5) is 12.5. The molecule has 1 aliphatic heterocycles. The maximum atomic E-state index is 12.5. The van der Waals surface area contributed by atoms with Gasteiger partial charge in [-0.05, 0) is 57.9 Å². The van der Waals surface area contributed by atoms with Gasteiger partial charge in [0.05, 0.1) is 11.6 Å². The van der Waals surface area contributed by atoms with E-state index in [1.807, 2.05) is 39.0 Å². The first kappa shape index (κ1) is 14.9. The van der Waals surface area contributed by atoms with Crippen LogP contribution >= 0.6 is 0 Å². The van der Waals surface area contributed by atoms with Gasteiger partial charge in [-0.2, -0.15) is 0 Å². The lowest BCUT2D eigenvalue weighted by Gasteiger charge is -2.29. The summed E-state index contributed by atoms with van der Waals surface area (Å²) in [6, 6.07) is 5.84. The van der Waals surface area contributed by atoms with Crippen molar-refractivity contribution in [1.82, 2.24) is 5.32 Å². The first-order valence-electron chi connectivity index (χ1n) is 7.25. The minimum Gasteiger partial charge on any atom is -0.385 e. The maximum Gasteiger partial charge on any atom is 0.252 e. The van der Waals surface area contributed by atoms with E-state index in [2.05, 4.69) is 17.6 Å². The molecule has 2 atom stereocenters. The van der Waals surface area contributed by atoms with Gasteiger partial charge in [0.15, 0.2) is 0 Å². The lowest BCUT2D eigenvalue weighted by molar-refractivity contribution is 0.0727. The van der Waals surface area contributed by atoms with Crippen molar-refractivity contribution < 1.29 is 9.53 Å². The molecule has 0 saturated carbocycles. The molecule has 0 radical (unpaired) electrons. The zero-order valence-corrected chi connectivity index (χ0v) is 12.7. The third kappa shape index (κ3) is 2.96. The average Bonchev–Trinajstić information content (AvgIpc) is 2.69. The first-order valence-corrected chi connectivity index (χ1v) is 7.25. The lowest BCUT2D eigenvalue weighted by atomic mass is 9.93. The van der Waals surface area contributed by atoms with Crippen LogP contribution in [-0.2, 0) is 4.74 Å². The Kier molecular flexibility index (Phi) is 4.33. The summed E-state index contributed by atoms with van der Waals surface area (Å²) in [5, 5.41) is 6.38. The van der Waals surface area contributed by atoms with Crippen LogP contribution in [0.5, 0.6) is 0 Å². The molecule has 0 aromatic heterocycles. The molecule has 1 aromatic rings. The Hall–Kier alpha value is -1.55. The van der Waals surface area contributed by atoms with E-state index in [9.17, 15) is 4.79 Å². The van der Waals surface area contributed by atoms with E-state index in [0.29, 0.717) is 6.61 Å². The van der Waals surface area contributed by atoms with Gasteiger partial charge in [-0.1, -0.05) is 0 Å². The normalized spacial score (nSPS) is 25.5. The summed E-state index contributed by atoms with van der Waals surface area (Å²) in [6.45, 7) is 9.65. The Morgan fingerprint density at radius 1 is 1.50 bits per heavy atom. The van der Waals surface area contributed by atoms with Gasteiger partial charge in [0.2, 0.25) is 0 Å². The molecule has 0 bridgehead atoms. The number of carbonyl (C=O) groups excluding carboxylic acids is 1. The summed E-state index contributed by atoms with van der Waals surface area (Å²) in [5.74, 6) is -0.0228. The number of benzene rings is 1. The van der Waals surface area contributed by atoms with E-state index in [4.69, 9.17) is 4.74 Å². The zero-order chi connectivity index (χ0) is 14.8. The molecule has 4 heteroatoms. The highest BCUT2D eigenvalue weighted by Crippen LogP contribution is 2.26. The fraction of sp³-hybridized carbons (Fsp3) is 0.562. The van der Waals surface area contributed by atoms with Crippen molar-refractivity contribution in [1.29, 1.82) is 0 Å². The van der Waals surface area contributed by atoms with Gasteiger partial charge in [-0.15, -0.1) is 0 Å². The summed E-state index contributed by atoms with van der Waals surface area (Å²) < 4.78 is 5.56. The Morgan fingerprint density at radius 3 is 2.80 bits per heavy atom. The van der Waals surface area contributed by atoms with E-state index in [1.165, 1.54) is 0 Å². The lowest BCUT2D eigenvalue weighted by Crippen LogP contribution is -2.50. The number of ether oxygens (including phenoxy) is 1. The molecule has 2 unspecified atom stereocenters. The van der Waals surface area contributed by atoms with Gasteiger partial charge in [-0.3, -0.25) is 4.79 Å². The standard InChI is InChI=1S/C16H24N2O2/c1-5-17-13-6-7-14(11(2)10-13)15(19)18-16(4)8-9-20-12(16)3/h6-7,10,12,17H,5,8-9H2,1-4H3,(H,18,19). The molecular weight excluding hydrogens is 252 g/mol. The number of hydrogen-bond acceptors (Lipinski definition) is 3. The second-order valence-electron chi connectivity index (χ2n) is 5.69. The Bertz CT molecular complexity index is 501. The van der Waals surface area contributed by atoms with Crippen LogP contribution in [0.2, 0.25) is 0 Å². The van der Waals surface area contributed by atoms with E-state index in [-0.39, 0.29) is 17.6 Å². The minimum atomic E-state index is -0.274. The van der Waals surface area contributed by atoms with Crippen molar-refractivity contribution in [2.45, 2.75) is 45.8 Å². The largest absolute Gasteiger partial charge is 0.385 e. The van der Waals surface area contributed by atoms with Crippen LogP contribution in [0.15, 0.2) is 18.2 Å². The molecule has 1 amide bonds. The molecule has 2 rings (SSSR count). The van der Waals surface area contributed by atoms with E-state index >= 15 is 0 Å². The van der Waals surface area contributed by atoms with Gasteiger partial charge >= 0.3 is 0 Å². The fourth-order valence-corrected chi connectivity index (χ4v) is 2.56. The number of rotatable bonds is 4. The molecule has 1 fully saturated rings. The van der Waals surface area contributed by atoms with Crippen molar-refractivity contribution in [3.63, 3.8) is 0 Å². The second-order valence-corrected chi connectivity index (χ2v) is 5.69. The van der Waals surface area contributed by atoms with E-state index < -0.39 is 0 Å². The van der Waals surface area contributed by atoms with Gasteiger partial charge in [0.1, 0.15) is 0 Å². The molecule has 4 nitrogen and oxygen atoms in total. The summed E-state index contributed by atoms with van der Waals surface area (Å²) in [7, 11) is 0. The number of carbonyl (C=O) groups is 1. The molecule has 0 aliphatic carbocycles. The number of aryl methyl sites for hydroxylation is 1. The van der Waals surface area contributed by atoms with Gasteiger partial charge in [0.25, 0.3) is 5.91 Å². The highest BCUT2D eigenvalue weighted by atomic mass is 16.5. The van der Waals surface area contributed by atoms with Crippen molar-refractivity contribution >= 4 is 11.6 Å². The quantitative estimate of drug-likeness (QED) is 0.889. The van der Waals surface area contributed by atoms with Gasteiger partial charge in [0, 0.05) is 24.4 Å². The fourth-order valence-electron chi connectivity index (χ4n) is 2.56. The van der Waals surface area contributed by atoms with Crippen LogP contribution in [0.3, 0.4) is 0 Å². The van der Waals surface area contributed by atoms with E-state index in [1.54, 1.807) is 0 Å². The first-order chi connectivity index (χ1) is 9.46. The second kappa shape index (κ2) is 5.83. The molecule has 1 heterocycles. The Balaban J connectivity index is 2.13. The zero-order valence-electron chi connectivity index (χ0n) is 12.7. The smallest absolute Gasteiger partial charge is 0.252 e. The van der Waals surface area contributed by atoms with Crippen molar-refractivity contribution in [2.24, 2.45) is 0 Å². The Morgan fingerprint density at radius 2 is 2.25 bits per heavy atom. The molecule has 110 valence electrons. The van der Waals surface area contributed by atoms with Crippen molar-refractivity contribution in [2.75, 3.05) is 18.5 Å². The molecule has 1 saturated heterocycles. The Labute approximate surface area is 120 Å². The van der Waals surface area contributed by atoms with Crippen LogP contribution in [0.1, 0.15) is 43.1 Å². The molecule has 0 spiro atoms. The number of amides is 1. The minimum absolute atomic E-state index is 0.0228. The molecular formula is C16H24N2O2. The predicted molar refractivity (Wildman–Crippen MR) is 81.2 cm³/mol. The highest BCUT2D eigenvalue weighted by molar-refractivity contribution is 5.96. The predicted octanol–water partition coefficient (Wildman–Crippen LogP) is 2.72.